The maximum Gasteiger partial charge on any atom is 0.0594 e. The predicted molar refractivity (Wildman–Crippen MR) is 82.0 cm³/mol. The van der Waals surface area contributed by atoms with E-state index in [4.69, 9.17) is 4.74 Å². The van der Waals surface area contributed by atoms with Gasteiger partial charge in [0.05, 0.1) is 13.2 Å². The number of nitrogens with one attached hydrogen (secondary N) is 2. The van der Waals surface area contributed by atoms with Crippen LogP contribution in [-0.2, 0) is 4.74 Å². The van der Waals surface area contributed by atoms with Crippen LogP contribution in [0.5, 0.6) is 0 Å². The van der Waals surface area contributed by atoms with Gasteiger partial charge in [-0.25, -0.2) is 0 Å². The molecule has 0 bridgehead atoms. The molecule has 20 heavy (non-hydrogen) atoms. The smallest absolute Gasteiger partial charge is 0.0594 e. The second-order valence-corrected chi connectivity index (χ2v) is 6.67. The highest BCUT2D eigenvalue weighted by Gasteiger charge is 2.34. The molecule has 4 heteroatoms. The first-order valence-electron chi connectivity index (χ1n) is 8.70. The third kappa shape index (κ3) is 3.94. The Hall–Kier alpha value is -0.160. The van der Waals surface area contributed by atoms with Crippen LogP contribution in [0, 0.1) is 5.92 Å². The zero-order valence-corrected chi connectivity index (χ0v) is 12.8. The van der Waals surface area contributed by atoms with Crippen LogP contribution in [-0.4, -0.2) is 62.9 Å². The van der Waals surface area contributed by atoms with E-state index in [0.717, 1.165) is 44.3 Å². The summed E-state index contributed by atoms with van der Waals surface area (Å²) in [6.07, 6.45) is 8.30. The van der Waals surface area contributed by atoms with E-state index >= 15 is 0 Å². The molecule has 0 aromatic carbocycles. The van der Waals surface area contributed by atoms with E-state index in [1.54, 1.807) is 0 Å². The lowest BCUT2D eigenvalue weighted by Gasteiger charge is -2.28. The van der Waals surface area contributed by atoms with Crippen molar-refractivity contribution in [3.8, 4) is 0 Å². The lowest BCUT2D eigenvalue weighted by atomic mass is 9.93. The molecule has 1 saturated carbocycles. The van der Waals surface area contributed by atoms with Crippen molar-refractivity contribution in [2.45, 2.75) is 50.6 Å². The van der Waals surface area contributed by atoms with Crippen LogP contribution in [0.15, 0.2) is 0 Å². The van der Waals surface area contributed by atoms with E-state index in [0.29, 0.717) is 0 Å². The lowest BCUT2D eigenvalue weighted by molar-refractivity contribution is 0.0373. The van der Waals surface area contributed by atoms with Gasteiger partial charge in [-0.15, -0.1) is 0 Å². The summed E-state index contributed by atoms with van der Waals surface area (Å²) < 4.78 is 5.39. The normalized spacial score (nSPS) is 35.7. The second-order valence-electron chi connectivity index (χ2n) is 6.67. The van der Waals surface area contributed by atoms with Gasteiger partial charge in [0.2, 0.25) is 0 Å². The van der Waals surface area contributed by atoms with Crippen LogP contribution in [0.3, 0.4) is 0 Å². The second kappa shape index (κ2) is 7.74. The van der Waals surface area contributed by atoms with Crippen molar-refractivity contribution in [3.63, 3.8) is 0 Å². The van der Waals surface area contributed by atoms with Gasteiger partial charge >= 0.3 is 0 Å². The number of nitrogens with zero attached hydrogens (tertiary/aromatic N) is 1. The summed E-state index contributed by atoms with van der Waals surface area (Å²) in [4.78, 5) is 2.54. The molecule has 2 N–H and O–H groups in total. The molecule has 1 aliphatic carbocycles. The van der Waals surface area contributed by atoms with Gasteiger partial charge in [0.15, 0.2) is 0 Å². The van der Waals surface area contributed by atoms with E-state index in [9.17, 15) is 0 Å². The average molecular weight is 281 g/mol. The van der Waals surface area contributed by atoms with Crippen molar-refractivity contribution < 1.29 is 4.74 Å². The minimum atomic E-state index is 0.773. The van der Waals surface area contributed by atoms with Crippen LogP contribution in [0.2, 0.25) is 0 Å². The molecule has 0 radical (unpaired) electrons. The van der Waals surface area contributed by atoms with Crippen molar-refractivity contribution in [2.75, 3.05) is 45.9 Å². The number of ether oxygens (including phenoxy) is 1. The standard InChI is InChI=1S/C16H31N3O/c1-4-14(16-6-2-7-17-16)15(5-1)18-8-3-9-19-10-12-20-13-11-19/h14-18H,1-13H2. The monoisotopic (exact) mass is 281 g/mol. The molecule has 0 aromatic heterocycles. The summed E-state index contributed by atoms with van der Waals surface area (Å²) in [5.41, 5.74) is 0. The molecule has 3 atom stereocenters. The van der Waals surface area contributed by atoms with Crippen LogP contribution in [0.1, 0.15) is 38.5 Å². The molecule has 3 aliphatic rings. The number of hydrogen-bond donors (Lipinski definition) is 2. The third-order valence-corrected chi connectivity index (χ3v) is 5.35. The van der Waals surface area contributed by atoms with Gasteiger partial charge in [0.1, 0.15) is 0 Å². The maximum absolute atomic E-state index is 5.39. The molecule has 116 valence electrons. The van der Waals surface area contributed by atoms with Gasteiger partial charge in [-0.05, 0) is 57.7 Å². The molecule has 3 fully saturated rings. The number of morpholine rings is 1. The fourth-order valence-corrected chi connectivity index (χ4v) is 4.22. The van der Waals surface area contributed by atoms with Crippen molar-refractivity contribution in [1.82, 2.24) is 15.5 Å². The molecule has 4 nitrogen and oxygen atoms in total. The van der Waals surface area contributed by atoms with Crippen molar-refractivity contribution in [2.24, 2.45) is 5.92 Å². The first kappa shape index (κ1) is 14.8. The van der Waals surface area contributed by atoms with E-state index in [-0.39, 0.29) is 0 Å². The largest absolute Gasteiger partial charge is 0.379 e. The van der Waals surface area contributed by atoms with E-state index < -0.39 is 0 Å². The fraction of sp³-hybridized carbons (Fsp3) is 1.00. The Morgan fingerprint density at radius 3 is 2.80 bits per heavy atom. The zero-order chi connectivity index (χ0) is 13.6. The molecule has 0 amide bonds. The van der Waals surface area contributed by atoms with E-state index in [1.807, 2.05) is 0 Å². The highest BCUT2D eigenvalue weighted by molar-refractivity contribution is 4.93. The molecule has 3 rings (SSSR count). The summed E-state index contributed by atoms with van der Waals surface area (Å²) >= 11 is 0. The highest BCUT2D eigenvalue weighted by atomic mass is 16.5. The summed E-state index contributed by atoms with van der Waals surface area (Å²) in [5, 5.41) is 7.56. The van der Waals surface area contributed by atoms with Gasteiger partial charge < -0.3 is 15.4 Å². The molecule has 0 spiro atoms. The summed E-state index contributed by atoms with van der Waals surface area (Å²) in [5.74, 6) is 0.890. The van der Waals surface area contributed by atoms with Crippen molar-refractivity contribution in [3.05, 3.63) is 0 Å². The number of rotatable bonds is 6. The van der Waals surface area contributed by atoms with Crippen LogP contribution >= 0.6 is 0 Å². The van der Waals surface area contributed by atoms with Gasteiger partial charge in [-0.1, -0.05) is 6.42 Å². The Morgan fingerprint density at radius 2 is 2.00 bits per heavy atom. The van der Waals surface area contributed by atoms with Crippen molar-refractivity contribution in [1.29, 1.82) is 0 Å². The minimum Gasteiger partial charge on any atom is -0.379 e. The van der Waals surface area contributed by atoms with Gasteiger partial charge in [0.25, 0.3) is 0 Å². The zero-order valence-electron chi connectivity index (χ0n) is 12.8. The number of hydrogen-bond acceptors (Lipinski definition) is 4. The average Bonchev–Trinajstić information content (AvgIpc) is 3.15. The first-order valence-corrected chi connectivity index (χ1v) is 8.70. The predicted octanol–water partition coefficient (Wildman–Crippen LogP) is 1.22. The van der Waals surface area contributed by atoms with E-state index in [1.165, 1.54) is 58.2 Å². The van der Waals surface area contributed by atoms with Gasteiger partial charge in [-0.3, -0.25) is 4.90 Å². The Balaban J connectivity index is 1.32. The SMILES string of the molecule is C1CNC(C2CCCC2NCCCN2CCOCC2)C1. The third-order valence-electron chi connectivity index (χ3n) is 5.35. The summed E-state index contributed by atoms with van der Waals surface area (Å²) in [6, 6.07) is 1.57. The first-order chi connectivity index (χ1) is 9.93. The summed E-state index contributed by atoms with van der Waals surface area (Å²) in [7, 11) is 0. The molecular weight excluding hydrogens is 250 g/mol. The fourth-order valence-electron chi connectivity index (χ4n) is 4.22. The Kier molecular flexibility index (Phi) is 5.71. The minimum absolute atomic E-state index is 0.773. The Bertz CT molecular complexity index is 275. The van der Waals surface area contributed by atoms with Crippen molar-refractivity contribution >= 4 is 0 Å². The lowest BCUT2D eigenvalue weighted by Crippen LogP contribution is -2.43. The topological polar surface area (TPSA) is 36.5 Å². The van der Waals surface area contributed by atoms with Crippen LogP contribution < -0.4 is 10.6 Å². The molecule has 2 saturated heterocycles. The Labute approximate surface area is 123 Å². The molecule has 2 heterocycles. The quantitative estimate of drug-likeness (QED) is 0.718. The van der Waals surface area contributed by atoms with Gasteiger partial charge in [-0.2, -0.15) is 0 Å². The highest BCUT2D eigenvalue weighted by Crippen LogP contribution is 2.31. The Morgan fingerprint density at radius 1 is 1.10 bits per heavy atom. The molecule has 0 aromatic rings. The maximum atomic E-state index is 5.39. The van der Waals surface area contributed by atoms with E-state index in [2.05, 4.69) is 15.5 Å². The van der Waals surface area contributed by atoms with Gasteiger partial charge in [0, 0.05) is 25.2 Å². The van der Waals surface area contributed by atoms with Crippen LogP contribution in [0.4, 0.5) is 0 Å². The summed E-state index contributed by atoms with van der Waals surface area (Å²) in [6.45, 7) is 7.75. The molecular formula is C16H31N3O. The van der Waals surface area contributed by atoms with Crippen LogP contribution in [0.25, 0.3) is 0 Å². The molecule has 2 aliphatic heterocycles. The molecule has 3 unspecified atom stereocenters.